The van der Waals surface area contributed by atoms with Crippen molar-refractivity contribution in [3.05, 3.63) is 0 Å². The van der Waals surface area contributed by atoms with Crippen molar-refractivity contribution in [2.45, 2.75) is 51.0 Å². The van der Waals surface area contributed by atoms with Gasteiger partial charge >= 0.3 is 0 Å². The summed E-state index contributed by atoms with van der Waals surface area (Å²) >= 11 is 0. The summed E-state index contributed by atoms with van der Waals surface area (Å²) < 4.78 is 6.02. The standard InChI is InChI=1S/C13H23NO/c1-2-4-11(5-3-1)8-15-12-6-13(7-12)9-14-10-13/h11-12,14H,1-10H2. The Balaban J connectivity index is 1.33. The molecule has 0 aromatic heterocycles. The van der Waals surface area contributed by atoms with E-state index < -0.39 is 0 Å². The second-order valence-corrected chi connectivity index (χ2v) is 5.97. The second kappa shape index (κ2) is 4.06. The number of ether oxygens (including phenoxy) is 1. The van der Waals surface area contributed by atoms with Gasteiger partial charge in [0.15, 0.2) is 0 Å². The second-order valence-electron chi connectivity index (χ2n) is 5.97. The first-order valence-electron chi connectivity index (χ1n) is 6.69. The van der Waals surface area contributed by atoms with Crippen LogP contribution in [0.15, 0.2) is 0 Å². The van der Waals surface area contributed by atoms with E-state index in [-0.39, 0.29) is 0 Å². The van der Waals surface area contributed by atoms with E-state index in [1.807, 2.05) is 0 Å². The minimum atomic E-state index is 0.606. The first-order valence-corrected chi connectivity index (χ1v) is 6.69. The Hall–Kier alpha value is -0.0800. The molecule has 2 nitrogen and oxygen atoms in total. The van der Waals surface area contributed by atoms with Crippen molar-refractivity contribution < 1.29 is 4.74 Å². The number of hydrogen-bond acceptors (Lipinski definition) is 2. The molecular weight excluding hydrogens is 186 g/mol. The molecule has 3 rings (SSSR count). The molecule has 3 aliphatic rings. The minimum absolute atomic E-state index is 0.606. The van der Waals surface area contributed by atoms with Crippen LogP contribution in [0.4, 0.5) is 0 Å². The summed E-state index contributed by atoms with van der Waals surface area (Å²) in [6.07, 6.45) is 10.4. The molecule has 0 atom stereocenters. The number of nitrogens with one attached hydrogen (secondary N) is 1. The molecule has 0 bridgehead atoms. The maximum Gasteiger partial charge on any atom is 0.0587 e. The van der Waals surface area contributed by atoms with E-state index in [9.17, 15) is 0 Å². The highest BCUT2D eigenvalue weighted by atomic mass is 16.5. The van der Waals surface area contributed by atoms with Gasteiger partial charge in [-0.25, -0.2) is 0 Å². The Morgan fingerprint density at radius 2 is 1.80 bits per heavy atom. The van der Waals surface area contributed by atoms with Crippen LogP contribution in [0.2, 0.25) is 0 Å². The molecule has 1 spiro atoms. The van der Waals surface area contributed by atoms with Gasteiger partial charge in [-0.2, -0.15) is 0 Å². The van der Waals surface area contributed by atoms with Crippen molar-refractivity contribution in [3.63, 3.8) is 0 Å². The highest BCUT2D eigenvalue weighted by Crippen LogP contribution is 2.45. The predicted octanol–water partition coefficient (Wildman–Crippen LogP) is 2.34. The highest BCUT2D eigenvalue weighted by Gasteiger charge is 2.48. The van der Waals surface area contributed by atoms with Gasteiger partial charge in [-0.3, -0.25) is 0 Å². The molecule has 0 aromatic rings. The third-order valence-electron chi connectivity index (χ3n) is 4.61. The third-order valence-corrected chi connectivity index (χ3v) is 4.61. The molecule has 1 N–H and O–H groups in total. The van der Waals surface area contributed by atoms with Crippen molar-refractivity contribution in [2.24, 2.45) is 11.3 Å². The van der Waals surface area contributed by atoms with Gasteiger partial charge in [0.1, 0.15) is 0 Å². The molecule has 0 unspecified atom stereocenters. The van der Waals surface area contributed by atoms with Crippen molar-refractivity contribution in [1.82, 2.24) is 5.32 Å². The lowest BCUT2D eigenvalue weighted by Gasteiger charge is -2.54. The maximum absolute atomic E-state index is 6.02. The van der Waals surface area contributed by atoms with Crippen LogP contribution in [-0.2, 0) is 4.74 Å². The Morgan fingerprint density at radius 3 is 2.40 bits per heavy atom. The lowest BCUT2D eigenvalue weighted by atomic mass is 9.63. The Bertz CT molecular complexity index is 211. The van der Waals surface area contributed by atoms with Crippen LogP contribution in [0.25, 0.3) is 0 Å². The van der Waals surface area contributed by atoms with Crippen LogP contribution >= 0.6 is 0 Å². The SMILES string of the molecule is C1CCC(COC2CC3(CNC3)C2)CC1. The summed E-state index contributed by atoms with van der Waals surface area (Å²) in [5.41, 5.74) is 0.678. The molecule has 0 radical (unpaired) electrons. The van der Waals surface area contributed by atoms with Gasteiger partial charge < -0.3 is 10.1 Å². The van der Waals surface area contributed by atoms with Gasteiger partial charge in [0.25, 0.3) is 0 Å². The average Bonchev–Trinajstić information content (AvgIpc) is 2.15. The van der Waals surface area contributed by atoms with E-state index in [1.165, 1.54) is 58.0 Å². The monoisotopic (exact) mass is 209 g/mol. The summed E-state index contributed by atoms with van der Waals surface area (Å²) in [5, 5.41) is 3.37. The summed E-state index contributed by atoms with van der Waals surface area (Å²) in [7, 11) is 0. The van der Waals surface area contributed by atoms with Crippen molar-refractivity contribution in [2.75, 3.05) is 19.7 Å². The quantitative estimate of drug-likeness (QED) is 0.770. The molecule has 1 aliphatic heterocycles. The molecule has 3 fully saturated rings. The zero-order valence-corrected chi connectivity index (χ0v) is 9.63. The van der Waals surface area contributed by atoms with E-state index in [4.69, 9.17) is 4.74 Å². The lowest BCUT2D eigenvalue weighted by Crippen LogP contribution is -2.62. The average molecular weight is 209 g/mol. The zero-order chi connectivity index (χ0) is 10.1. The molecule has 2 aliphatic carbocycles. The predicted molar refractivity (Wildman–Crippen MR) is 60.9 cm³/mol. The fourth-order valence-corrected chi connectivity index (χ4v) is 3.42. The van der Waals surface area contributed by atoms with Gasteiger partial charge in [-0.15, -0.1) is 0 Å². The summed E-state index contributed by atoms with van der Waals surface area (Å²) in [5.74, 6) is 0.884. The van der Waals surface area contributed by atoms with E-state index >= 15 is 0 Å². The van der Waals surface area contributed by atoms with Crippen LogP contribution in [0, 0.1) is 11.3 Å². The summed E-state index contributed by atoms with van der Waals surface area (Å²) in [6, 6.07) is 0. The first-order chi connectivity index (χ1) is 7.36. The molecule has 2 heteroatoms. The topological polar surface area (TPSA) is 21.3 Å². The van der Waals surface area contributed by atoms with Crippen LogP contribution in [0.5, 0.6) is 0 Å². The fourth-order valence-electron chi connectivity index (χ4n) is 3.42. The zero-order valence-electron chi connectivity index (χ0n) is 9.63. The summed E-state index contributed by atoms with van der Waals surface area (Å²) in [6.45, 7) is 3.54. The molecule has 86 valence electrons. The normalized spacial score (nSPS) is 31.2. The van der Waals surface area contributed by atoms with Crippen molar-refractivity contribution in [3.8, 4) is 0 Å². The number of rotatable bonds is 3. The molecule has 0 amide bonds. The Labute approximate surface area is 92.8 Å². The molecule has 2 saturated carbocycles. The smallest absolute Gasteiger partial charge is 0.0587 e. The van der Waals surface area contributed by atoms with Crippen molar-refractivity contribution >= 4 is 0 Å². The van der Waals surface area contributed by atoms with Gasteiger partial charge in [-0.1, -0.05) is 19.3 Å². The molecular formula is C13H23NO. The number of hydrogen-bond donors (Lipinski definition) is 1. The van der Waals surface area contributed by atoms with Crippen LogP contribution in [0.1, 0.15) is 44.9 Å². The van der Waals surface area contributed by atoms with Gasteiger partial charge in [0, 0.05) is 25.1 Å². The van der Waals surface area contributed by atoms with Crippen molar-refractivity contribution in [1.29, 1.82) is 0 Å². The van der Waals surface area contributed by atoms with Gasteiger partial charge in [-0.05, 0) is 31.6 Å². The van der Waals surface area contributed by atoms with Gasteiger partial charge in [0.05, 0.1) is 6.10 Å². The fraction of sp³-hybridized carbons (Fsp3) is 1.00. The Morgan fingerprint density at radius 1 is 1.07 bits per heavy atom. The molecule has 1 saturated heterocycles. The maximum atomic E-state index is 6.02. The summed E-state index contributed by atoms with van der Waals surface area (Å²) in [4.78, 5) is 0. The first kappa shape index (κ1) is 10.1. The van der Waals surface area contributed by atoms with E-state index in [1.54, 1.807) is 0 Å². The van der Waals surface area contributed by atoms with Gasteiger partial charge in [0.2, 0.25) is 0 Å². The minimum Gasteiger partial charge on any atom is -0.378 e. The van der Waals surface area contributed by atoms with Crippen LogP contribution < -0.4 is 5.32 Å². The Kier molecular flexibility index (Phi) is 2.73. The highest BCUT2D eigenvalue weighted by molar-refractivity contribution is 5.03. The lowest BCUT2D eigenvalue weighted by molar-refractivity contribution is -0.112. The third kappa shape index (κ3) is 2.07. The molecule has 0 aromatic carbocycles. The van der Waals surface area contributed by atoms with E-state index in [0.717, 1.165) is 12.5 Å². The largest absolute Gasteiger partial charge is 0.378 e. The van der Waals surface area contributed by atoms with E-state index in [0.29, 0.717) is 11.5 Å². The molecule has 15 heavy (non-hydrogen) atoms. The van der Waals surface area contributed by atoms with E-state index in [2.05, 4.69) is 5.32 Å². The van der Waals surface area contributed by atoms with Crippen LogP contribution in [0.3, 0.4) is 0 Å². The molecule has 1 heterocycles. The van der Waals surface area contributed by atoms with Crippen LogP contribution in [-0.4, -0.2) is 25.8 Å².